The van der Waals surface area contributed by atoms with Gasteiger partial charge in [0.05, 0.1) is 31.4 Å². The highest BCUT2D eigenvalue weighted by molar-refractivity contribution is 6.30. The van der Waals surface area contributed by atoms with E-state index in [4.69, 9.17) is 33.0 Å². The van der Waals surface area contributed by atoms with Gasteiger partial charge in [-0.1, -0.05) is 36.9 Å². The zero-order valence-corrected chi connectivity index (χ0v) is 24.5. The van der Waals surface area contributed by atoms with Crippen molar-refractivity contribution in [3.05, 3.63) is 58.6 Å². The van der Waals surface area contributed by atoms with Crippen LogP contribution < -0.4 is 38.0 Å². The van der Waals surface area contributed by atoms with Crippen LogP contribution in [0.1, 0.15) is 49.3 Å². The molecule has 1 unspecified atom stereocenters. The molecular weight excluding hydrogens is 558 g/mol. The molecule has 0 spiro atoms. The lowest BCUT2D eigenvalue weighted by Gasteiger charge is -2.23. The summed E-state index contributed by atoms with van der Waals surface area (Å²) in [6, 6.07) is 10.2. The van der Waals surface area contributed by atoms with E-state index in [1.807, 2.05) is 25.2 Å². The highest BCUT2D eigenvalue weighted by Gasteiger charge is 2.29. The Morgan fingerprint density at radius 2 is 1.98 bits per heavy atom. The summed E-state index contributed by atoms with van der Waals surface area (Å²) >= 11 is 6.19. The summed E-state index contributed by atoms with van der Waals surface area (Å²) in [6.45, 7) is 0.495. The van der Waals surface area contributed by atoms with Gasteiger partial charge in [-0.05, 0) is 54.8 Å². The zero-order valence-electron chi connectivity index (χ0n) is 23.8. The molecule has 2 heterocycles. The predicted molar refractivity (Wildman–Crippen MR) is 168 cm³/mol. The molecule has 0 radical (unpaired) electrons. The van der Waals surface area contributed by atoms with E-state index in [-0.39, 0.29) is 24.0 Å². The summed E-state index contributed by atoms with van der Waals surface area (Å²) in [5.74, 6) is 11.4. The van der Waals surface area contributed by atoms with Crippen molar-refractivity contribution < 1.29 is 14.3 Å². The number of hydrogen-bond acceptors (Lipinski definition) is 10. The lowest BCUT2D eigenvalue weighted by molar-refractivity contribution is -0.141. The molecule has 1 amide bonds. The second-order valence-corrected chi connectivity index (χ2v) is 10.5. The average Bonchev–Trinajstić information content (AvgIpc) is 3.48. The highest BCUT2D eigenvalue weighted by Crippen LogP contribution is 2.31. The molecule has 8 N–H and O–H groups in total. The lowest BCUT2D eigenvalue weighted by atomic mass is 10.0. The van der Waals surface area contributed by atoms with Crippen LogP contribution in [0.15, 0.2) is 52.6 Å². The Morgan fingerprint density at radius 1 is 1.17 bits per heavy atom. The van der Waals surface area contributed by atoms with E-state index in [9.17, 15) is 9.59 Å². The molecule has 3 atom stereocenters. The summed E-state index contributed by atoms with van der Waals surface area (Å²) in [5.41, 5.74) is 3.92. The molecule has 12 nitrogen and oxygen atoms in total. The van der Waals surface area contributed by atoms with Crippen LogP contribution in [-0.2, 0) is 14.3 Å². The van der Waals surface area contributed by atoms with Crippen LogP contribution in [0, 0.1) is 0 Å². The largest absolute Gasteiger partial charge is 0.467 e. The number of fused-ring (bicyclic) bond motifs is 4. The van der Waals surface area contributed by atoms with Crippen LogP contribution in [0.4, 0.5) is 17.1 Å². The average molecular weight is 596 g/mol. The normalized spacial score (nSPS) is 20.7. The molecule has 0 aliphatic carbocycles. The van der Waals surface area contributed by atoms with Gasteiger partial charge in [-0.15, -0.1) is 0 Å². The summed E-state index contributed by atoms with van der Waals surface area (Å²) in [5, 5.41) is 18.4. The fourth-order valence-electron chi connectivity index (χ4n) is 5.13. The number of ether oxygens (including phenoxy) is 1. The van der Waals surface area contributed by atoms with Gasteiger partial charge in [-0.25, -0.2) is 10.6 Å². The van der Waals surface area contributed by atoms with Gasteiger partial charge in [0.25, 0.3) is 0 Å². The predicted octanol–water partition coefficient (Wildman–Crippen LogP) is 3.12. The van der Waals surface area contributed by atoms with E-state index in [0.717, 1.165) is 42.0 Å². The molecule has 13 heteroatoms. The zero-order chi connectivity index (χ0) is 30.1. The van der Waals surface area contributed by atoms with Gasteiger partial charge in [0.2, 0.25) is 5.91 Å². The van der Waals surface area contributed by atoms with Gasteiger partial charge < -0.3 is 31.8 Å². The van der Waals surface area contributed by atoms with Crippen LogP contribution in [0.25, 0.3) is 6.08 Å². The number of hydrazine groups is 1. The number of carbonyl (C=O) groups excluding carboxylic acids is 2. The number of amidine groups is 1. The number of anilines is 3. The highest BCUT2D eigenvalue weighted by atomic mass is 35.5. The summed E-state index contributed by atoms with van der Waals surface area (Å²) < 4.78 is 5.09. The van der Waals surface area contributed by atoms with Crippen molar-refractivity contribution in [3.63, 3.8) is 0 Å². The second-order valence-electron chi connectivity index (χ2n) is 10.1. The van der Waals surface area contributed by atoms with Crippen LogP contribution >= 0.6 is 11.6 Å². The first kappa shape index (κ1) is 30.7. The van der Waals surface area contributed by atoms with E-state index in [1.165, 1.54) is 24.5 Å². The number of halogens is 1. The van der Waals surface area contributed by atoms with Crippen molar-refractivity contribution in [2.45, 2.75) is 50.2 Å². The minimum absolute atomic E-state index is 0.129. The Morgan fingerprint density at radius 3 is 2.74 bits per heavy atom. The van der Waals surface area contributed by atoms with Crippen LogP contribution in [0.5, 0.6) is 0 Å². The number of carbonyl (C=O) groups is 2. The quantitative estimate of drug-likeness (QED) is 0.0702. The van der Waals surface area contributed by atoms with Crippen LogP contribution in [0.2, 0.25) is 5.02 Å². The maximum atomic E-state index is 13.1. The van der Waals surface area contributed by atoms with Crippen molar-refractivity contribution >= 4 is 58.8 Å². The molecule has 0 saturated carbocycles. The molecule has 2 aliphatic heterocycles. The number of amides is 1. The van der Waals surface area contributed by atoms with E-state index < -0.39 is 6.04 Å². The Kier molecular flexibility index (Phi) is 10.6. The smallest absolute Gasteiger partial charge is 0.328 e. The van der Waals surface area contributed by atoms with Gasteiger partial charge in [0.1, 0.15) is 18.2 Å². The third-order valence-corrected chi connectivity index (χ3v) is 7.54. The number of esters is 1. The molecule has 224 valence electrons. The fraction of sp³-hybridized carbons (Fsp3) is 0.379. The van der Waals surface area contributed by atoms with Gasteiger partial charge >= 0.3 is 5.97 Å². The van der Waals surface area contributed by atoms with Crippen molar-refractivity contribution in [2.24, 2.45) is 21.8 Å². The van der Waals surface area contributed by atoms with Crippen molar-refractivity contribution in [1.29, 1.82) is 0 Å². The number of benzene rings is 2. The third-order valence-electron chi connectivity index (χ3n) is 7.30. The number of rotatable bonds is 7. The number of aliphatic imine (C=N–C) groups is 1. The lowest BCUT2D eigenvalue weighted by Crippen LogP contribution is -2.45. The van der Waals surface area contributed by atoms with Crippen LogP contribution in [-0.4, -0.2) is 56.8 Å². The van der Waals surface area contributed by atoms with E-state index >= 15 is 0 Å². The molecule has 2 bridgehead atoms. The van der Waals surface area contributed by atoms with Crippen LogP contribution in [0.3, 0.4) is 0 Å². The Balaban J connectivity index is 1.54. The topological polar surface area (TPSA) is 171 Å². The number of nitrogens with zero attached hydrogens (tertiary/aromatic N) is 3. The maximum absolute atomic E-state index is 13.1. The SMILES string of the molecule is CNc1ccc2c(c1)N[C@H](C(=O)OC)CCCCC[C@H](NC(=O)/C=C/c1cc(Cl)ccc1N(N)/C=N\N)C1=NCC2N1. The number of hydrogen-bond donors (Lipinski definition) is 6. The van der Waals surface area contributed by atoms with Gasteiger partial charge in [-0.2, -0.15) is 5.10 Å². The van der Waals surface area contributed by atoms with E-state index in [2.05, 4.69) is 26.4 Å². The summed E-state index contributed by atoms with van der Waals surface area (Å²) in [6.07, 6.45) is 8.18. The minimum Gasteiger partial charge on any atom is -0.467 e. The molecule has 4 rings (SSSR count). The first-order valence-corrected chi connectivity index (χ1v) is 14.2. The molecule has 42 heavy (non-hydrogen) atoms. The van der Waals surface area contributed by atoms with E-state index in [1.54, 1.807) is 24.3 Å². The first-order valence-electron chi connectivity index (χ1n) is 13.8. The summed E-state index contributed by atoms with van der Waals surface area (Å²) in [4.78, 5) is 30.5. The number of nitrogens with one attached hydrogen (secondary N) is 4. The number of methoxy groups -OCH3 is 1. The third kappa shape index (κ3) is 7.71. The molecular formula is C29H38ClN9O3. The van der Waals surface area contributed by atoms with Crippen molar-refractivity contribution in [3.8, 4) is 0 Å². The van der Waals surface area contributed by atoms with Crippen molar-refractivity contribution in [2.75, 3.05) is 36.3 Å². The number of hydrazone groups is 1. The van der Waals surface area contributed by atoms with Gasteiger partial charge in [0.15, 0.2) is 0 Å². The molecule has 0 saturated heterocycles. The Bertz CT molecular complexity index is 1360. The standard InChI is InChI=1S/C29H38ClN9O3/c1-33-20-10-11-21-24(15-20)36-23(29(41)42-2)7-5-3-4-6-22(28-34-16-25(21)38-28)37-27(40)13-8-18-14-19(30)9-12-26(18)39(32)17-35-31/h8-15,17,22-23,25,33,36H,3-7,16,31-32H2,1-2H3,(H,34,38)(H,37,40)/b13-8+,35-17-/t22-,23-,25?/m0/s1. The first-order chi connectivity index (χ1) is 20.3. The monoisotopic (exact) mass is 595 g/mol. The Labute approximate surface area is 250 Å². The maximum Gasteiger partial charge on any atom is 0.328 e. The van der Waals surface area contributed by atoms with Gasteiger partial charge in [0, 0.05) is 35.1 Å². The molecule has 2 aromatic carbocycles. The summed E-state index contributed by atoms with van der Waals surface area (Å²) in [7, 11) is 3.26. The molecule has 2 aromatic rings. The molecule has 2 aliphatic rings. The number of nitrogens with two attached hydrogens (primary N) is 2. The molecule has 0 fully saturated rings. The van der Waals surface area contributed by atoms with Crippen molar-refractivity contribution in [1.82, 2.24) is 10.6 Å². The fourth-order valence-corrected chi connectivity index (χ4v) is 5.31. The molecule has 0 aromatic heterocycles. The Hall–Kier alpha value is -4.29. The van der Waals surface area contributed by atoms with E-state index in [0.29, 0.717) is 35.7 Å². The van der Waals surface area contributed by atoms with Gasteiger partial charge in [-0.3, -0.25) is 14.8 Å². The minimum atomic E-state index is -0.471. The second kappa shape index (κ2) is 14.6.